The Bertz CT molecular complexity index is 505. The van der Waals surface area contributed by atoms with Gasteiger partial charge in [0.2, 0.25) is 0 Å². The number of nitrogens with zero attached hydrogens (tertiary/aromatic N) is 1. The molecule has 0 aliphatic heterocycles. The normalized spacial score (nSPS) is 10.2. The second-order valence-electron chi connectivity index (χ2n) is 3.11. The van der Waals surface area contributed by atoms with Gasteiger partial charge >= 0.3 is 0 Å². The summed E-state index contributed by atoms with van der Waals surface area (Å²) in [6.45, 7) is -0.294. The third kappa shape index (κ3) is 1.94. The van der Waals surface area contributed by atoms with Gasteiger partial charge in [0.1, 0.15) is 5.82 Å². The molecule has 1 aromatic heterocycles. The van der Waals surface area contributed by atoms with Crippen molar-refractivity contribution in [2.24, 2.45) is 0 Å². The number of hydrogen-bond acceptors (Lipinski definition) is 3. The van der Waals surface area contributed by atoms with Crippen LogP contribution in [-0.4, -0.2) is 15.1 Å². The highest BCUT2D eigenvalue weighted by atomic mass is 16.3. The minimum atomic E-state index is -0.300. The Morgan fingerprint density at radius 2 is 2.00 bits per heavy atom. The molecule has 0 fully saturated rings. The van der Waals surface area contributed by atoms with Crippen molar-refractivity contribution in [2.45, 2.75) is 6.61 Å². The van der Waals surface area contributed by atoms with Gasteiger partial charge in [-0.3, -0.25) is 4.79 Å². The zero-order valence-corrected chi connectivity index (χ0v) is 7.97. The highest BCUT2D eigenvalue weighted by Gasteiger charge is 2.02. The molecule has 2 N–H and O–H groups in total. The fraction of sp³-hybridized carbons (Fsp3) is 0.0909. The van der Waals surface area contributed by atoms with E-state index in [0.717, 1.165) is 5.56 Å². The molecule has 0 atom stereocenters. The zero-order chi connectivity index (χ0) is 10.7. The number of H-pyrrole nitrogens is 1. The van der Waals surface area contributed by atoms with Gasteiger partial charge in [-0.25, -0.2) is 4.98 Å². The van der Waals surface area contributed by atoms with Crippen LogP contribution in [0.2, 0.25) is 0 Å². The predicted octanol–water partition coefficient (Wildman–Crippen LogP) is 0.929. The Morgan fingerprint density at radius 1 is 1.27 bits per heavy atom. The van der Waals surface area contributed by atoms with Gasteiger partial charge in [0, 0.05) is 11.8 Å². The van der Waals surface area contributed by atoms with Crippen molar-refractivity contribution in [1.29, 1.82) is 0 Å². The van der Waals surface area contributed by atoms with Crippen LogP contribution in [0.15, 0.2) is 41.3 Å². The third-order valence-electron chi connectivity index (χ3n) is 2.09. The van der Waals surface area contributed by atoms with E-state index >= 15 is 0 Å². The maximum atomic E-state index is 11.4. The van der Waals surface area contributed by atoms with Gasteiger partial charge in [0.25, 0.3) is 5.56 Å². The smallest absolute Gasteiger partial charge is 0.256 e. The number of aromatic nitrogens is 2. The molecule has 4 heteroatoms. The SMILES string of the molecule is O=c1[nH]c(-c2ccccc2)ncc1CO. The largest absolute Gasteiger partial charge is 0.391 e. The van der Waals surface area contributed by atoms with Crippen molar-refractivity contribution in [1.82, 2.24) is 9.97 Å². The van der Waals surface area contributed by atoms with E-state index in [1.54, 1.807) is 0 Å². The third-order valence-corrected chi connectivity index (χ3v) is 2.09. The van der Waals surface area contributed by atoms with Crippen molar-refractivity contribution in [2.75, 3.05) is 0 Å². The summed E-state index contributed by atoms with van der Waals surface area (Å²) >= 11 is 0. The molecule has 0 radical (unpaired) electrons. The van der Waals surface area contributed by atoms with Gasteiger partial charge in [-0.05, 0) is 0 Å². The number of aliphatic hydroxyl groups excluding tert-OH is 1. The molecular formula is C11H10N2O2. The monoisotopic (exact) mass is 202 g/mol. The van der Waals surface area contributed by atoms with E-state index in [0.29, 0.717) is 5.82 Å². The highest BCUT2D eigenvalue weighted by Crippen LogP contribution is 2.11. The Kier molecular flexibility index (Phi) is 2.60. The lowest BCUT2D eigenvalue weighted by molar-refractivity contribution is 0.279. The van der Waals surface area contributed by atoms with Gasteiger partial charge in [0.15, 0.2) is 0 Å². The van der Waals surface area contributed by atoms with Gasteiger partial charge in [-0.2, -0.15) is 0 Å². The summed E-state index contributed by atoms with van der Waals surface area (Å²) in [4.78, 5) is 18.1. The van der Waals surface area contributed by atoms with E-state index in [1.165, 1.54) is 6.20 Å². The standard InChI is InChI=1S/C11H10N2O2/c14-7-9-6-12-10(13-11(9)15)8-4-2-1-3-5-8/h1-6,14H,7H2,(H,12,13,15). The minimum Gasteiger partial charge on any atom is -0.391 e. The van der Waals surface area contributed by atoms with Crippen molar-refractivity contribution in [3.05, 3.63) is 52.4 Å². The van der Waals surface area contributed by atoms with E-state index in [2.05, 4.69) is 9.97 Å². The first-order valence-electron chi connectivity index (χ1n) is 4.56. The fourth-order valence-electron chi connectivity index (χ4n) is 1.28. The first kappa shape index (κ1) is 9.61. The molecule has 2 aromatic rings. The van der Waals surface area contributed by atoms with E-state index in [-0.39, 0.29) is 17.7 Å². The lowest BCUT2D eigenvalue weighted by Crippen LogP contribution is -2.14. The van der Waals surface area contributed by atoms with Crippen molar-refractivity contribution < 1.29 is 5.11 Å². The molecule has 4 nitrogen and oxygen atoms in total. The number of hydrogen-bond donors (Lipinski definition) is 2. The summed E-state index contributed by atoms with van der Waals surface area (Å²) in [5.41, 5.74) is 0.820. The summed E-state index contributed by atoms with van der Waals surface area (Å²) in [6, 6.07) is 9.35. The molecular weight excluding hydrogens is 192 g/mol. The number of aliphatic hydroxyl groups is 1. The molecule has 0 saturated carbocycles. The second kappa shape index (κ2) is 4.06. The highest BCUT2D eigenvalue weighted by molar-refractivity contribution is 5.53. The molecule has 0 spiro atoms. The minimum absolute atomic E-state index is 0.273. The number of aromatic amines is 1. The summed E-state index contributed by atoms with van der Waals surface area (Å²) < 4.78 is 0. The topological polar surface area (TPSA) is 66.0 Å². The molecule has 0 unspecified atom stereocenters. The molecule has 76 valence electrons. The number of benzene rings is 1. The summed E-state index contributed by atoms with van der Waals surface area (Å²) in [5, 5.41) is 8.82. The van der Waals surface area contributed by atoms with Crippen LogP contribution in [0.25, 0.3) is 11.4 Å². The zero-order valence-electron chi connectivity index (χ0n) is 7.97. The first-order valence-corrected chi connectivity index (χ1v) is 4.56. The van der Waals surface area contributed by atoms with Crippen molar-refractivity contribution in [3.63, 3.8) is 0 Å². The molecule has 0 bridgehead atoms. The molecule has 0 saturated heterocycles. The summed E-state index contributed by atoms with van der Waals surface area (Å²) in [5.74, 6) is 0.512. The van der Waals surface area contributed by atoms with E-state index in [9.17, 15) is 4.79 Å². The quantitative estimate of drug-likeness (QED) is 0.761. The Morgan fingerprint density at radius 3 is 2.60 bits per heavy atom. The molecule has 1 heterocycles. The van der Waals surface area contributed by atoms with E-state index in [4.69, 9.17) is 5.11 Å². The second-order valence-corrected chi connectivity index (χ2v) is 3.11. The van der Waals surface area contributed by atoms with E-state index < -0.39 is 0 Å². The van der Waals surface area contributed by atoms with Crippen LogP contribution >= 0.6 is 0 Å². The lowest BCUT2D eigenvalue weighted by Gasteiger charge is -2.00. The van der Waals surface area contributed by atoms with Crippen molar-refractivity contribution >= 4 is 0 Å². The average molecular weight is 202 g/mol. The first-order chi connectivity index (χ1) is 7.31. The predicted molar refractivity (Wildman–Crippen MR) is 56.2 cm³/mol. The molecule has 15 heavy (non-hydrogen) atoms. The molecule has 0 amide bonds. The van der Waals surface area contributed by atoms with Crippen LogP contribution in [0.1, 0.15) is 5.56 Å². The molecule has 0 aliphatic rings. The average Bonchev–Trinajstić information content (AvgIpc) is 2.30. The summed E-state index contributed by atoms with van der Waals surface area (Å²) in [7, 11) is 0. The molecule has 0 aliphatic carbocycles. The lowest BCUT2D eigenvalue weighted by atomic mass is 10.2. The van der Waals surface area contributed by atoms with Crippen LogP contribution in [0.3, 0.4) is 0 Å². The van der Waals surface area contributed by atoms with Crippen LogP contribution in [0, 0.1) is 0 Å². The van der Waals surface area contributed by atoms with Crippen LogP contribution < -0.4 is 5.56 Å². The number of rotatable bonds is 2. The van der Waals surface area contributed by atoms with Gasteiger partial charge < -0.3 is 10.1 Å². The Balaban J connectivity index is 2.48. The van der Waals surface area contributed by atoms with Crippen molar-refractivity contribution in [3.8, 4) is 11.4 Å². The van der Waals surface area contributed by atoms with Gasteiger partial charge in [-0.1, -0.05) is 30.3 Å². The fourth-order valence-corrected chi connectivity index (χ4v) is 1.28. The van der Waals surface area contributed by atoms with Crippen LogP contribution in [-0.2, 0) is 6.61 Å². The maximum absolute atomic E-state index is 11.4. The van der Waals surface area contributed by atoms with Crippen LogP contribution in [0.5, 0.6) is 0 Å². The van der Waals surface area contributed by atoms with Crippen LogP contribution in [0.4, 0.5) is 0 Å². The Labute approximate surface area is 86.2 Å². The van der Waals surface area contributed by atoms with E-state index in [1.807, 2.05) is 30.3 Å². The Hall–Kier alpha value is -1.94. The molecule has 1 aromatic carbocycles. The van der Waals surface area contributed by atoms with Gasteiger partial charge in [0.05, 0.1) is 12.2 Å². The summed E-state index contributed by atoms with van der Waals surface area (Å²) in [6.07, 6.45) is 1.39. The number of nitrogens with one attached hydrogen (secondary N) is 1. The molecule has 2 rings (SSSR count). The maximum Gasteiger partial charge on any atom is 0.256 e. The van der Waals surface area contributed by atoms with Gasteiger partial charge in [-0.15, -0.1) is 0 Å².